The molecule has 6 nitrogen and oxygen atoms in total. The van der Waals surface area contributed by atoms with Crippen molar-refractivity contribution in [1.29, 1.82) is 0 Å². The van der Waals surface area contributed by atoms with Gasteiger partial charge in [-0.05, 0) is 25.0 Å². The second-order valence-electron chi connectivity index (χ2n) is 5.73. The number of carbonyl (C=O) groups is 2. The minimum absolute atomic E-state index is 0.103. The lowest BCUT2D eigenvalue weighted by molar-refractivity contribution is -0.118. The highest BCUT2D eigenvalue weighted by Gasteiger charge is 2.25. The van der Waals surface area contributed by atoms with Crippen LogP contribution in [0.4, 0.5) is 5.69 Å². The molecular weight excluding hydrogens is 282 g/mol. The number of morpholine rings is 1. The Hall–Kier alpha value is -1.92. The summed E-state index contributed by atoms with van der Waals surface area (Å²) >= 11 is 0. The number of anilines is 1. The average Bonchev–Trinajstić information content (AvgIpc) is 3.32. The van der Waals surface area contributed by atoms with Crippen LogP contribution >= 0.6 is 0 Å². The number of carbonyl (C=O) groups excluding carboxylic acids is 2. The summed E-state index contributed by atoms with van der Waals surface area (Å²) in [5.41, 5.74) is 1.09. The van der Waals surface area contributed by atoms with E-state index in [1.165, 1.54) is 0 Å². The van der Waals surface area contributed by atoms with Crippen molar-refractivity contribution in [2.45, 2.75) is 18.9 Å². The SMILES string of the molecule is O=C(CN1CCOCC1)Nc1ccccc1C(=O)NC1CC1. The molecule has 1 saturated heterocycles. The van der Waals surface area contributed by atoms with Crippen molar-refractivity contribution in [2.24, 2.45) is 0 Å². The molecule has 2 fully saturated rings. The van der Waals surface area contributed by atoms with Gasteiger partial charge < -0.3 is 15.4 Å². The lowest BCUT2D eigenvalue weighted by atomic mass is 10.1. The highest BCUT2D eigenvalue weighted by atomic mass is 16.5. The molecule has 1 aliphatic heterocycles. The molecule has 1 aliphatic carbocycles. The van der Waals surface area contributed by atoms with Crippen LogP contribution in [0.1, 0.15) is 23.2 Å². The highest BCUT2D eigenvalue weighted by Crippen LogP contribution is 2.21. The third kappa shape index (κ3) is 4.05. The monoisotopic (exact) mass is 303 g/mol. The molecule has 6 heteroatoms. The summed E-state index contributed by atoms with van der Waals surface area (Å²) in [5, 5.41) is 5.80. The van der Waals surface area contributed by atoms with E-state index in [1.54, 1.807) is 18.2 Å². The minimum Gasteiger partial charge on any atom is -0.379 e. The van der Waals surface area contributed by atoms with Crippen LogP contribution in [0.3, 0.4) is 0 Å². The van der Waals surface area contributed by atoms with Gasteiger partial charge in [-0.25, -0.2) is 0 Å². The maximum atomic E-state index is 12.2. The number of benzene rings is 1. The smallest absolute Gasteiger partial charge is 0.253 e. The molecule has 1 saturated carbocycles. The number of hydrogen-bond donors (Lipinski definition) is 2. The van der Waals surface area contributed by atoms with Crippen LogP contribution in [0.5, 0.6) is 0 Å². The molecule has 0 atom stereocenters. The van der Waals surface area contributed by atoms with Crippen molar-refractivity contribution in [3.8, 4) is 0 Å². The number of rotatable bonds is 5. The Balaban J connectivity index is 1.60. The summed E-state index contributed by atoms with van der Waals surface area (Å²) in [6.45, 7) is 3.16. The van der Waals surface area contributed by atoms with Crippen molar-refractivity contribution < 1.29 is 14.3 Å². The summed E-state index contributed by atoms with van der Waals surface area (Å²) in [6.07, 6.45) is 2.08. The van der Waals surface area contributed by atoms with Gasteiger partial charge in [0.25, 0.3) is 5.91 Å². The number of amides is 2. The summed E-state index contributed by atoms with van der Waals surface area (Å²) in [4.78, 5) is 26.4. The van der Waals surface area contributed by atoms with Crippen molar-refractivity contribution in [3.05, 3.63) is 29.8 Å². The number of ether oxygens (including phenoxy) is 1. The fourth-order valence-electron chi connectivity index (χ4n) is 2.43. The first-order chi connectivity index (χ1) is 10.7. The van der Waals surface area contributed by atoms with Gasteiger partial charge in [-0.3, -0.25) is 14.5 Å². The normalized spacial score (nSPS) is 18.7. The molecule has 1 aromatic carbocycles. The van der Waals surface area contributed by atoms with E-state index in [1.807, 2.05) is 11.0 Å². The van der Waals surface area contributed by atoms with Gasteiger partial charge in [0.1, 0.15) is 0 Å². The van der Waals surface area contributed by atoms with Gasteiger partial charge in [-0.15, -0.1) is 0 Å². The Labute approximate surface area is 129 Å². The molecular formula is C16H21N3O3. The first-order valence-electron chi connectivity index (χ1n) is 7.72. The molecule has 0 bridgehead atoms. The zero-order chi connectivity index (χ0) is 15.4. The van der Waals surface area contributed by atoms with E-state index >= 15 is 0 Å². The Morgan fingerprint density at radius 2 is 1.91 bits per heavy atom. The quantitative estimate of drug-likeness (QED) is 0.846. The predicted molar refractivity (Wildman–Crippen MR) is 82.8 cm³/mol. The predicted octanol–water partition coefficient (Wildman–Crippen LogP) is 0.849. The van der Waals surface area contributed by atoms with Gasteiger partial charge in [-0.1, -0.05) is 12.1 Å². The Kier molecular flexibility index (Phi) is 4.70. The summed E-state index contributed by atoms with van der Waals surface area (Å²) in [5.74, 6) is -0.224. The molecule has 2 amide bonds. The number of nitrogens with one attached hydrogen (secondary N) is 2. The van der Waals surface area contributed by atoms with Crippen LogP contribution in [0, 0.1) is 0 Å². The summed E-state index contributed by atoms with van der Waals surface area (Å²) in [6, 6.07) is 7.42. The van der Waals surface area contributed by atoms with E-state index in [4.69, 9.17) is 4.74 Å². The average molecular weight is 303 g/mol. The Morgan fingerprint density at radius 3 is 2.64 bits per heavy atom. The molecule has 22 heavy (non-hydrogen) atoms. The molecule has 118 valence electrons. The summed E-state index contributed by atoms with van der Waals surface area (Å²) < 4.78 is 5.27. The molecule has 1 heterocycles. The third-order valence-corrected chi connectivity index (χ3v) is 3.83. The van der Waals surface area contributed by atoms with Crippen LogP contribution < -0.4 is 10.6 Å². The molecule has 2 aliphatic rings. The summed E-state index contributed by atoms with van der Waals surface area (Å²) in [7, 11) is 0. The van der Waals surface area contributed by atoms with Crippen LogP contribution in [-0.2, 0) is 9.53 Å². The largest absolute Gasteiger partial charge is 0.379 e. The van der Waals surface area contributed by atoms with Crippen LogP contribution in [-0.4, -0.2) is 55.6 Å². The first-order valence-corrected chi connectivity index (χ1v) is 7.72. The Morgan fingerprint density at radius 1 is 1.18 bits per heavy atom. The van der Waals surface area contributed by atoms with Gasteiger partial charge in [0.2, 0.25) is 5.91 Å². The van der Waals surface area contributed by atoms with Crippen molar-refractivity contribution in [2.75, 3.05) is 38.2 Å². The fraction of sp³-hybridized carbons (Fsp3) is 0.500. The highest BCUT2D eigenvalue weighted by molar-refractivity contribution is 6.04. The second kappa shape index (κ2) is 6.89. The Bertz CT molecular complexity index is 551. The third-order valence-electron chi connectivity index (χ3n) is 3.83. The van der Waals surface area contributed by atoms with Gasteiger partial charge in [-0.2, -0.15) is 0 Å². The van der Waals surface area contributed by atoms with Crippen LogP contribution in [0.2, 0.25) is 0 Å². The molecule has 1 aromatic rings. The van der Waals surface area contributed by atoms with Crippen molar-refractivity contribution >= 4 is 17.5 Å². The first kappa shape index (κ1) is 15.0. The van der Waals surface area contributed by atoms with Crippen molar-refractivity contribution in [3.63, 3.8) is 0 Å². The van der Waals surface area contributed by atoms with Gasteiger partial charge in [0.05, 0.1) is 31.0 Å². The fourth-order valence-corrected chi connectivity index (χ4v) is 2.43. The topological polar surface area (TPSA) is 70.7 Å². The van der Waals surface area contributed by atoms with Gasteiger partial charge in [0, 0.05) is 19.1 Å². The molecule has 0 unspecified atom stereocenters. The zero-order valence-corrected chi connectivity index (χ0v) is 12.5. The van der Waals surface area contributed by atoms with E-state index in [2.05, 4.69) is 10.6 Å². The van der Waals surface area contributed by atoms with E-state index in [0.29, 0.717) is 37.1 Å². The maximum absolute atomic E-state index is 12.2. The molecule has 2 N–H and O–H groups in total. The van der Waals surface area contributed by atoms with Crippen LogP contribution in [0.25, 0.3) is 0 Å². The molecule has 0 radical (unpaired) electrons. The number of para-hydroxylation sites is 1. The van der Waals surface area contributed by atoms with Crippen LogP contribution in [0.15, 0.2) is 24.3 Å². The standard InChI is InChI=1S/C16H21N3O3/c20-15(11-19-7-9-22-10-8-19)18-14-4-2-1-3-13(14)16(21)17-12-5-6-12/h1-4,12H,5-11H2,(H,17,21)(H,18,20). The van der Waals surface area contributed by atoms with Gasteiger partial charge in [0.15, 0.2) is 0 Å². The van der Waals surface area contributed by atoms with E-state index in [-0.39, 0.29) is 11.8 Å². The van der Waals surface area contributed by atoms with Crippen molar-refractivity contribution in [1.82, 2.24) is 10.2 Å². The van der Waals surface area contributed by atoms with Gasteiger partial charge >= 0.3 is 0 Å². The minimum atomic E-state index is -0.121. The molecule has 0 aromatic heterocycles. The van der Waals surface area contributed by atoms with E-state index in [0.717, 1.165) is 25.9 Å². The zero-order valence-electron chi connectivity index (χ0n) is 12.5. The number of nitrogens with zero attached hydrogens (tertiary/aromatic N) is 1. The molecule has 3 rings (SSSR count). The van der Waals surface area contributed by atoms with E-state index < -0.39 is 0 Å². The lowest BCUT2D eigenvalue weighted by Gasteiger charge is -2.25. The van der Waals surface area contributed by atoms with E-state index in [9.17, 15) is 9.59 Å². The molecule has 0 spiro atoms. The second-order valence-corrected chi connectivity index (χ2v) is 5.73. The lowest BCUT2D eigenvalue weighted by Crippen LogP contribution is -2.41. The maximum Gasteiger partial charge on any atom is 0.253 e. The number of hydrogen-bond acceptors (Lipinski definition) is 4.